The summed E-state index contributed by atoms with van der Waals surface area (Å²) in [7, 11) is 0. The molecule has 0 aromatic heterocycles. The Bertz CT molecular complexity index is 513. The number of hydrogen-bond acceptors (Lipinski definition) is 3. The third-order valence-corrected chi connectivity index (χ3v) is 2.30. The van der Waals surface area contributed by atoms with E-state index in [-0.39, 0.29) is 35.4 Å². The second-order valence-electron chi connectivity index (χ2n) is 5.70. The van der Waals surface area contributed by atoms with Crippen LogP contribution in [0, 0.1) is 0 Å². The Morgan fingerprint density at radius 2 is 2.05 bits per heavy atom. The van der Waals surface area contributed by atoms with Crippen LogP contribution in [-0.4, -0.2) is 30.6 Å². The van der Waals surface area contributed by atoms with Crippen LogP contribution in [-0.2, 0) is 4.79 Å². The highest BCUT2D eigenvalue weighted by Crippen LogP contribution is 2.17. The maximum absolute atomic E-state index is 11.0. The molecule has 0 bridgehead atoms. The van der Waals surface area contributed by atoms with Crippen molar-refractivity contribution in [3.63, 3.8) is 0 Å². The number of hydrogen-bond donors (Lipinski definition) is 3. The van der Waals surface area contributed by atoms with E-state index in [9.17, 15) is 4.79 Å². The van der Waals surface area contributed by atoms with Crippen molar-refractivity contribution in [3.8, 4) is 5.75 Å². The Hall–Kier alpha value is -1.51. The molecule has 0 heterocycles. The van der Waals surface area contributed by atoms with Gasteiger partial charge in [-0.05, 0) is 32.9 Å². The minimum atomic E-state index is -0.113. The van der Waals surface area contributed by atoms with Gasteiger partial charge < -0.3 is 21.1 Å². The van der Waals surface area contributed by atoms with E-state index in [2.05, 4.69) is 15.6 Å². The first kappa shape index (κ1) is 20.5. The van der Waals surface area contributed by atoms with E-state index in [1.807, 2.05) is 32.9 Å². The van der Waals surface area contributed by atoms with E-state index in [0.29, 0.717) is 30.5 Å². The molecule has 1 aromatic rings. The number of carbonyl (C=O) groups is 1. The van der Waals surface area contributed by atoms with Gasteiger partial charge in [0.25, 0.3) is 0 Å². The van der Waals surface area contributed by atoms with Gasteiger partial charge in [-0.15, -0.1) is 24.0 Å². The summed E-state index contributed by atoms with van der Waals surface area (Å²) in [6, 6.07) is 7.21. The minimum absolute atomic E-state index is 0. The van der Waals surface area contributed by atoms with E-state index in [1.165, 1.54) is 6.92 Å². The average Bonchev–Trinajstić information content (AvgIpc) is 2.32. The Kier molecular flexibility index (Phi) is 8.84. The lowest BCUT2D eigenvalue weighted by Gasteiger charge is -2.20. The fourth-order valence-electron chi connectivity index (χ4n) is 1.62. The zero-order chi connectivity index (χ0) is 15.9. The molecule has 0 atom stereocenters. The molecule has 0 fully saturated rings. The van der Waals surface area contributed by atoms with Crippen LogP contribution in [0.25, 0.3) is 0 Å². The van der Waals surface area contributed by atoms with Gasteiger partial charge in [-0.2, -0.15) is 0 Å². The summed E-state index contributed by atoms with van der Waals surface area (Å²) in [5.41, 5.74) is 6.35. The monoisotopic (exact) mass is 420 g/mol. The highest BCUT2D eigenvalue weighted by Gasteiger charge is 2.09. The van der Waals surface area contributed by atoms with Crippen molar-refractivity contribution in [2.75, 3.05) is 18.5 Å². The number of nitrogens with two attached hydrogens (primary N) is 1. The second kappa shape index (κ2) is 9.50. The largest absolute Gasteiger partial charge is 0.492 e. The van der Waals surface area contributed by atoms with Crippen LogP contribution in [0.4, 0.5) is 5.69 Å². The number of rotatable bonds is 5. The fourth-order valence-corrected chi connectivity index (χ4v) is 1.62. The molecule has 1 amide bonds. The number of nitrogens with zero attached hydrogens (tertiary/aromatic N) is 1. The SMILES string of the molecule is CC(=O)Nc1cccc(OCCN=C(N)NC(C)(C)C)c1.I. The van der Waals surface area contributed by atoms with E-state index >= 15 is 0 Å². The number of aliphatic imine (C=N–C) groups is 1. The number of anilines is 1. The number of guanidine groups is 1. The summed E-state index contributed by atoms with van der Waals surface area (Å²) >= 11 is 0. The highest BCUT2D eigenvalue weighted by molar-refractivity contribution is 14.0. The molecular weight excluding hydrogens is 395 g/mol. The minimum Gasteiger partial charge on any atom is -0.492 e. The predicted octanol–water partition coefficient (Wildman–Crippen LogP) is 2.34. The summed E-state index contributed by atoms with van der Waals surface area (Å²) < 4.78 is 5.57. The van der Waals surface area contributed by atoms with Crippen LogP contribution in [0.1, 0.15) is 27.7 Å². The van der Waals surface area contributed by atoms with Crippen LogP contribution in [0.5, 0.6) is 5.75 Å². The van der Waals surface area contributed by atoms with E-state index in [0.717, 1.165) is 0 Å². The number of benzene rings is 1. The van der Waals surface area contributed by atoms with Crippen molar-refractivity contribution in [2.45, 2.75) is 33.2 Å². The van der Waals surface area contributed by atoms with Crippen LogP contribution in [0.3, 0.4) is 0 Å². The van der Waals surface area contributed by atoms with Crippen LogP contribution in [0.15, 0.2) is 29.3 Å². The predicted molar refractivity (Wildman–Crippen MR) is 101 cm³/mol. The van der Waals surface area contributed by atoms with Crippen molar-refractivity contribution in [2.24, 2.45) is 10.7 Å². The highest BCUT2D eigenvalue weighted by atomic mass is 127. The van der Waals surface area contributed by atoms with Crippen LogP contribution in [0.2, 0.25) is 0 Å². The molecule has 0 unspecified atom stereocenters. The Morgan fingerprint density at radius 1 is 1.36 bits per heavy atom. The Labute approximate surface area is 148 Å². The van der Waals surface area contributed by atoms with Gasteiger partial charge in [0, 0.05) is 24.2 Å². The Balaban J connectivity index is 0.00000441. The number of ether oxygens (including phenoxy) is 1. The van der Waals surface area contributed by atoms with Gasteiger partial charge in [-0.25, -0.2) is 4.99 Å². The number of halogens is 1. The van der Waals surface area contributed by atoms with Crippen molar-refractivity contribution >= 4 is 41.5 Å². The Morgan fingerprint density at radius 3 is 2.64 bits per heavy atom. The first-order valence-corrected chi connectivity index (χ1v) is 6.85. The molecule has 124 valence electrons. The van der Waals surface area contributed by atoms with Crippen molar-refractivity contribution < 1.29 is 9.53 Å². The van der Waals surface area contributed by atoms with E-state index in [4.69, 9.17) is 10.5 Å². The zero-order valence-corrected chi connectivity index (χ0v) is 15.8. The summed E-state index contributed by atoms with van der Waals surface area (Å²) in [4.78, 5) is 15.2. The summed E-state index contributed by atoms with van der Waals surface area (Å²) in [5.74, 6) is 0.967. The molecule has 0 saturated carbocycles. The summed E-state index contributed by atoms with van der Waals surface area (Å²) in [5, 5.41) is 5.78. The molecule has 1 rings (SSSR count). The first-order chi connectivity index (χ1) is 9.76. The smallest absolute Gasteiger partial charge is 0.221 e. The second-order valence-corrected chi connectivity index (χ2v) is 5.70. The van der Waals surface area contributed by atoms with Crippen molar-refractivity contribution in [1.29, 1.82) is 0 Å². The normalized spacial score (nSPS) is 11.4. The van der Waals surface area contributed by atoms with Crippen LogP contribution >= 0.6 is 24.0 Å². The molecule has 6 nitrogen and oxygen atoms in total. The topological polar surface area (TPSA) is 88.7 Å². The van der Waals surface area contributed by atoms with Gasteiger partial charge in [0.15, 0.2) is 5.96 Å². The molecule has 4 N–H and O–H groups in total. The lowest BCUT2D eigenvalue weighted by Crippen LogP contribution is -2.45. The standard InChI is InChI=1S/C15H24N4O2.HI/c1-11(20)18-12-6-5-7-13(10-12)21-9-8-17-14(16)19-15(2,3)4;/h5-7,10H,8-9H2,1-4H3,(H,18,20)(H3,16,17,19);1H. The van der Waals surface area contributed by atoms with Gasteiger partial charge in [0.2, 0.25) is 5.91 Å². The van der Waals surface area contributed by atoms with Crippen molar-refractivity contribution in [1.82, 2.24) is 5.32 Å². The number of nitrogens with one attached hydrogen (secondary N) is 2. The first-order valence-electron chi connectivity index (χ1n) is 6.85. The van der Waals surface area contributed by atoms with Gasteiger partial charge in [-0.3, -0.25) is 4.79 Å². The molecule has 22 heavy (non-hydrogen) atoms. The molecule has 0 radical (unpaired) electrons. The average molecular weight is 420 g/mol. The molecule has 7 heteroatoms. The molecular formula is C15H25IN4O2. The third kappa shape index (κ3) is 9.43. The van der Waals surface area contributed by atoms with Gasteiger partial charge in [-0.1, -0.05) is 6.07 Å². The number of amides is 1. The van der Waals surface area contributed by atoms with E-state index in [1.54, 1.807) is 12.1 Å². The maximum atomic E-state index is 11.0. The molecule has 0 aliphatic heterocycles. The third-order valence-electron chi connectivity index (χ3n) is 2.30. The maximum Gasteiger partial charge on any atom is 0.221 e. The molecule has 0 spiro atoms. The number of carbonyl (C=O) groups excluding carboxylic acids is 1. The molecule has 0 saturated heterocycles. The van der Waals surface area contributed by atoms with Gasteiger partial charge >= 0.3 is 0 Å². The molecule has 0 aliphatic rings. The van der Waals surface area contributed by atoms with Crippen LogP contribution < -0.4 is 21.1 Å². The molecule has 1 aromatic carbocycles. The summed E-state index contributed by atoms with van der Waals surface area (Å²) in [6.07, 6.45) is 0. The van der Waals surface area contributed by atoms with Crippen molar-refractivity contribution in [3.05, 3.63) is 24.3 Å². The quantitative estimate of drug-likeness (QED) is 0.295. The van der Waals surface area contributed by atoms with E-state index < -0.39 is 0 Å². The fraction of sp³-hybridized carbons (Fsp3) is 0.467. The molecule has 0 aliphatic carbocycles. The summed E-state index contributed by atoms with van der Waals surface area (Å²) in [6.45, 7) is 8.38. The van der Waals surface area contributed by atoms with Gasteiger partial charge in [0.1, 0.15) is 12.4 Å². The van der Waals surface area contributed by atoms with Gasteiger partial charge in [0.05, 0.1) is 6.54 Å². The lowest BCUT2D eigenvalue weighted by molar-refractivity contribution is -0.114. The zero-order valence-electron chi connectivity index (χ0n) is 13.5. The lowest BCUT2D eigenvalue weighted by atomic mass is 10.1.